The highest BCUT2D eigenvalue weighted by atomic mass is 19.1. The van der Waals surface area contributed by atoms with Crippen LogP contribution in [0.25, 0.3) is 11.0 Å². The minimum atomic E-state index is -0.301. The van der Waals surface area contributed by atoms with E-state index in [1.807, 2.05) is 6.92 Å². The molecule has 0 N–H and O–H groups in total. The SMILES string of the molecule is CC(CN1C(=O)c2ccccc2C1=O)N1CCC(c2noc3cccc(F)c23)CC1. The van der Waals surface area contributed by atoms with Crippen LogP contribution in [-0.2, 0) is 0 Å². The van der Waals surface area contributed by atoms with Crippen molar-refractivity contribution < 1.29 is 18.5 Å². The van der Waals surface area contributed by atoms with Gasteiger partial charge in [0.1, 0.15) is 5.82 Å². The normalized spacial score (nSPS) is 18.9. The Morgan fingerprint density at radius 2 is 1.73 bits per heavy atom. The van der Waals surface area contributed by atoms with Crippen LogP contribution in [0.1, 0.15) is 52.1 Å². The van der Waals surface area contributed by atoms with Gasteiger partial charge >= 0.3 is 0 Å². The predicted molar refractivity (Wildman–Crippen MR) is 109 cm³/mol. The third-order valence-corrected chi connectivity index (χ3v) is 6.34. The van der Waals surface area contributed by atoms with Crippen molar-refractivity contribution in [1.82, 2.24) is 15.0 Å². The molecule has 0 spiro atoms. The highest BCUT2D eigenvalue weighted by Crippen LogP contribution is 2.34. The number of fused-ring (bicyclic) bond motifs is 2. The standard InChI is InChI=1S/C23H22FN3O3/c1-14(13-27-22(28)16-5-2-3-6-17(16)23(27)29)26-11-9-15(10-12-26)21-20-18(24)7-4-8-19(20)30-25-21/h2-8,14-15H,9-13H2,1H3. The van der Waals surface area contributed by atoms with E-state index in [9.17, 15) is 14.0 Å². The van der Waals surface area contributed by atoms with E-state index in [2.05, 4.69) is 10.1 Å². The molecule has 1 unspecified atom stereocenters. The molecule has 0 aliphatic carbocycles. The molecule has 1 atom stereocenters. The summed E-state index contributed by atoms with van der Waals surface area (Å²) in [6.07, 6.45) is 1.64. The number of aromatic nitrogens is 1. The lowest BCUT2D eigenvalue weighted by Gasteiger charge is -2.36. The van der Waals surface area contributed by atoms with Gasteiger partial charge in [0.15, 0.2) is 5.58 Å². The van der Waals surface area contributed by atoms with Gasteiger partial charge in [-0.2, -0.15) is 0 Å². The average molecular weight is 407 g/mol. The maximum Gasteiger partial charge on any atom is 0.261 e. The van der Waals surface area contributed by atoms with Crippen LogP contribution < -0.4 is 0 Å². The highest BCUT2D eigenvalue weighted by Gasteiger charge is 2.37. The summed E-state index contributed by atoms with van der Waals surface area (Å²) >= 11 is 0. The van der Waals surface area contributed by atoms with E-state index in [1.165, 1.54) is 11.0 Å². The van der Waals surface area contributed by atoms with E-state index in [0.29, 0.717) is 34.3 Å². The molecular formula is C23H22FN3O3. The molecule has 154 valence electrons. The van der Waals surface area contributed by atoms with Crippen LogP contribution >= 0.6 is 0 Å². The minimum absolute atomic E-state index is 0.0407. The summed E-state index contributed by atoms with van der Waals surface area (Å²) in [5.41, 5.74) is 2.13. The van der Waals surface area contributed by atoms with E-state index in [4.69, 9.17) is 4.52 Å². The number of carbonyl (C=O) groups excluding carboxylic acids is 2. The first-order chi connectivity index (χ1) is 14.5. The highest BCUT2D eigenvalue weighted by molar-refractivity contribution is 6.21. The van der Waals surface area contributed by atoms with Crippen LogP contribution in [0.15, 0.2) is 47.0 Å². The Balaban J connectivity index is 1.25. The van der Waals surface area contributed by atoms with Crippen molar-refractivity contribution in [3.8, 4) is 0 Å². The molecule has 1 saturated heterocycles. The summed E-state index contributed by atoms with van der Waals surface area (Å²) in [6, 6.07) is 11.8. The van der Waals surface area contributed by atoms with Gasteiger partial charge in [-0.15, -0.1) is 0 Å². The van der Waals surface area contributed by atoms with Crippen LogP contribution in [0.5, 0.6) is 0 Å². The van der Waals surface area contributed by atoms with Crippen LogP contribution in [-0.4, -0.2) is 52.4 Å². The molecule has 2 amide bonds. The van der Waals surface area contributed by atoms with Gasteiger partial charge < -0.3 is 4.52 Å². The van der Waals surface area contributed by atoms with Gasteiger partial charge in [-0.05, 0) is 57.1 Å². The molecule has 0 radical (unpaired) electrons. The fraction of sp³-hybridized carbons (Fsp3) is 0.348. The molecule has 3 heterocycles. The van der Waals surface area contributed by atoms with Gasteiger partial charge in [0.25, 0.3) is 11.8 Å². The molecule has 7 heteroatoms. The summed E-state index contributed by atoms with van der Waals surface area (Å²) in [6.45, 7) is 3.98. The Kier molecular flexibility index (Phi) is 4.62. The number of amides is 2. The molecule has 1 fully saturated rings. The molecule has 2 aliphatic rings. The Morgan fingerprint density at radius 3 is 2.40 bits per heavy atom. The quantitative estimate of drug-likeness (QED) is 0.615. The van der Waals surface area contributed by atoms with Crippen molar-refractivity contribution in [1.29, 1.82) is 0 Å². The second-order valence-corrected chi connectivity index (χ2v) is 8.11. The largest absolute Gasteiger partial charge is 0.356 e. The maximum atomic E-state index is 14.3. The van der Waals surface area contributed by atoms with E-state index < -0.39 is 0 Å². The van der Waals surface area contributed by atoms with E-state index in [0.717, 1.165) is 25.9 Å². The molecule has 30 heavy (non-hydrogen) atoms. The van der Waals surface area contributed by atoms with Crippen molar-refractivity contribution >= 4 is 22.8 Å². The van der Waals surface area contributed by atoms with Gasteiger partial charge in [0.05, 0.1) is 22.2 Å². The Bertz CT molecular complexity index is 1100. The molecule has 6 nitrogen and oxygen atoms in total. The smallest absolute Gasteiger partial charge is 0.261 e. The number of nitrogens with zero attached hydrogens (tertiary/aromatic N) is 3. The van der Waals surface area contributed by atoms with E-state index >= 15 is 0 Å². The maximum absolute atomic E-state index is 14.3. The number of hydrogen-bond donors (Lipinski definition) is 0. The predicted octanol–water partition coefficient (Wildman–Crippen LogP) is 3.83. The fourth-order valence-electron chi connectivity index (χ4n) is 4.65. The lowest BCUT2D eigenvalue weighted by atomic mass is 9.91. The summed E-state index contributed by atoms with van der Waals surface area (Å²) in [4.78, 5) is 28.9. The zero-order valence-electron chi connectivity index (χ0n) is 16.7. The van der Waals surface area contributed by atoms with Gasteiger partial charge in [0, 0.05) is 18.5 Å². The fourth-order valence-corrected chi connectivity index (χ4v) is 4.65. The summed E-state index contributed by atoms with van der Waals surface area (Å²) in [5, 5.41) is 4.63. The van der Waals surface area contributed by atoms with Gasteiger partial charge in [0.2, 0.25) is 0 Å². The summed E-state index contributed by atoms with van der Waals surface area (Å²) in [7, 11) is 0. The van der Waals surface area contributed by atoms with E-state index in [1.54, 1.807) is 36.4 Å². The summed E-state index contributed by atoms with van der Waals surface area (Å²) in [5.74, 6) is -0.611. The first-order valence-electron chi connectivity index (χ1n) is 10.3. The van der Waals surface area contributed by atoms with Crippen LogP contribution in [0.3, 0.4) is 0 Å². The molecule has 2 aromatic carbocycles. The lowest BCUT2D eigenvalue weighted by molar-refractivity contribution is 0.0579. The molecular weight excluding hydrogens is 385 g/mol. The van der Waals surface area contributed by atoms with Gasteiger partial charge in [-0.3, -0.25) is 19.4 Å². The first kappa shape index (κ1) is 18.9. The third kappa shape index (κ3) is 3.01. The first-order valence-corrected chi connectivity index (χ1v) is 10.3. The number of likely N-dealkylation sites (tertiary alicyclic amines) is 1. The number of piperidine rings is 1. The van der Waals surface area contributed by atoms with Crippen LogP contribution in [0.2, 0.25) is 0 Å². The topological polar surface area (TPSA) is 66.7 Å². The molecule has 2 aliphatic heterocycles. The summed E-state index contributed by atoms with van der Waals surface area (Å²) < 4.78 is 19.6. The number of imide groups is 1. The van der Waals surface area contributed by atoms with Gasteiger partial charge in [-0.25, -0.2) is 4.39 Å². The number of halogens is 1. The Labute approximate surface area is 173 Å². The Morgan fingerprint density at radius 1 is 1.07 bits per heavy atom. The van der Waals surface area contributed by atoms with Crippen molar-refractivity contribution in [2.45, 2.75) is 31.7 Å². The van der Waals surface area contributed by atoms with Crippen LogP contribution in [0.4, 0.5) is 4.39 Å². The zero-order chi connectivity index (χ0) is 20.8. The average Bonchev–Trinajstić information content (AvgIpc) is 3.31. The van der Waals surface area contributed by atoms with Crippen LogP contribution in [0, 0.1) is 5.82 Å². The number of hydrogen-bond acceptors (Lipinski definition) is 5. The van der Waals surface area contributed by atoms with Crippen molar-refractivity contribution in [3.05, 3.63) is 65.1 Å². The number of carbonyl (C=O) groups is 2. The van der Waals surface area contributed by atoms with Crippen molar-refractivity contribution in [2.24, 2.45) is 0 Å². The van der Waals surface area contributed by atoms with Crippen molar-refractivity contribution in [2.75, 3.05) is 19.6 Å². The zero-order valence-corrected chi connectivity index (χ0v) is 16.7. The molecule has 0 bridgehead atoms. The van der Waals surface area contributed by atoms with Gasteiger partial charge in [-0.1, -0.05) is 23.4 Å². The molecule has 0 saturated carbocycles. The van der Waals surface area contributed by atoms with E-state index in [-0.39, 0.29) is 29.6 Å². The third-order valence-electron chi connectivity index (χ3n) is 6.34. The number of benzene rings is 2. The molecule has 5 rings (SSSR count). The second kappa shape index (κ2) is 7.32. The second-order valence-electron chi connectivity index (χ2n) is 8.11. The minimum Gasteiger partial charge on any atom is -0.356 e. The molecule has 1 aromatic heterocycles. The monoisotopic (exact) mass is 407 g/mol. The number of rotatable bonds is 4. The lowest BCUT2D eigenvalue weighted by Crippen LogP contribution is -2.47. The Hall–Kier alpha value is -3.06. The van der Waals surface area contributed by atoms with Crippen molar-refractivity contribution in [3.63, 3.8) is 0 Å². The molecule has 3 aromatic rings.